The Kier molecular flexibility index (Phi) is 8.83. The molecular weight excluding hydrogens is 514 g/mol. The standard InChI is InChI=1S/C31H35NO8/c1-33-24-10-9-19(11-25(24)34-2)16-32-17-22(20-12-26(35-3)30(39-7)27(13-20)36-4)23(18-32)21-14-28(37-5)31(40-8)29(15-21)38-6/h9-15,17-18H,16H2,1-8H3. The predicted octanol–water partition coefficient (Wildman–Crippen LogP) is 5.94. The molecule has 0 aliphatic rings. The molecule has 0 spiro atoms. The lowest BCUT2D eigenvalue weighted by molar-refractivity contribution is 0.324. The van der Waals surface area contributed by atoms with Crippen molar-refractivity contribution >= 4 is 0 Å². The average molecular weight is 550 g/mol. The number of hydrogen-bond donors (Lipinski definition) is 0. The summed E-state index contributed by atoms with van der Waals surface area (Å²) < 4.78 is 46.7. The van der Waals surface area contributed by atoms with Crippen LogP contribution in [0, 0.1) is 0 Å². The van der Waals surface area contributed by atoms with Crippen LogP contribution < -0.4 is 37.9 Å². The predicted molar refractivity (Wildman–Crippen MR) is 153 cm³/mol. The SMILES string of the molecule is COc1ccc(Cn2cc(-c3cc(OC)c(OC)c(OC)c3)c(-c3cc(OC)c(OC)c(OC)c3)c2)cc1OC. The van der Waals surface area contributed by atoms with Crippen LogP contribution in [0.5, 0.6) is 46.0 Å². The average Bonchev–Trinajstić information content (AvgIpc) is 3.42. The van der Waals surface area contributed by atoms with Crippen LogP contribution in [-0.2, 0) is 6.54 Å². The van der Waals surface area contributed by atoms with Gasteiger partial charge in [0.15, 0.2) is 34.5 Å². The highest BCUT2D eigenvalue weighted by molar-refractivity contribution is 5.87. The van der Waals surface area contributed by atoms with E-state index >= 15 is 0 Å². The lowest BCUT2D eigenvalue weighted by Crippen LogP contribution is -1.98. The summed E-state index contributed by atoms with van der Waals surface area (Å²) in [6.45, 7) is 0.586. The Bertz CT molecular complexity index is 1350. The molecule has 0 radical (unpaired) electrons. The van der Waals surface area contributed by atoms with E-state index in [1.165, 1.54) is 0 Å². The molecule has 4 aromatic rings. The van der Waals surface area contributed by atoms with Gasteiger partial charge in [-0.25, -0.2) is 0 Å². The molecule has 0 atom stereocenters. The minimum Gasteiger partial charge on any atom is -0.493 e. The molecular formula is C31H35NO8. The van der Waals surface area contributed by atoms with Crippen molar-refractivity contribution in [1.29, 1.82) is 0 Å². The van der Waals surface area contributed by atoms with Gasteiger partial charge in [0.2, 0.25) is 11.5 Å². The zero-order chi connectivity index (χ0) is 28.8. The van der Waals surface area contributed by atoms with Crippen LogP contribution in [0.1, 0.15) is 5.56 Å². The first-order valence-corrected chi connectivity index (χ1v) is 12.5. The molecule has 1 aromatic heterocycles. The highest BCUT2D eigenvalue weighted by Crippen LogP contribution is 2.46. The number of nitrogens with zero attached hydrogens (tertiary/aromatic N) is 1. The lowest BCUT2D eigenvalue weighted by atomic mass is 9.97. The Morgan fingerprint density at radius 1 is 0.450 bits per heavy atom. The molecule has 0 fully saturated rings. The summed E-state index contributed by atoms with van der Waals surface area (Å²) in [6, 6.07) is 13.6. The van der Waals surface area contributed by atoms with Crippen molar-refractivity contribution in [3.05, 3.63) is 60.4 Å². The van der Waals surface area contributed by atoms with Crippen molar-refractivity contribution in [2.24, 2.45) is 0 Å². The number of methoxy groups -OCH3 is 8. The third-order valence-electron chi connectivity index (χ3n) is 6.64. The summed E-state index contributed by atoms with van der Waals surface area (Å²) in [6.07, 6.45) is 4.16. The fourth-order valence-corrected chi connectivity index (χ4v) is 4.72. The third kappa shape index (κ3) is 5.40. The van der Waals surface area contributed by atoms with Crippen LogP contribution in [0.15, 0.2) is 54.9 Å². The van der Waals surface area contributed by atoms with Gasteiger partial charge in [-0.1, -0.05) is 6.07 Å². The van der Waals surface area contributed by atoms with E-state index in [1.807, 2.05) is 42.5 Å². The minimum atomic E-state index is 0.521. The number of hydrogen-bond acceptors (Lipinski definition) is 8. The van der Waals surface area contributed by atoms with Crippen LogP contribution in [0.4, 0.5) is 0 Å². The molecule has 1 heterocycles. The molecule has 212 valence electrons. The van der Waals surface area contributed by atoms with Gasteiger partial charge in [-0.2, -0.15) is 0 Å². The summed E-state index contributed by atoms with van der Waals surface area (Å²) in [5.41, 5.74) is 4.68. The Morgan fingerprint density at radius 2 is 0.850 bits per heavy atom. The van der Waals surface area contributed by atoms with Gasteiger partial charge in [-0.3, -0.25) is 0 Å². The Morgan fingerprint density at radius 3 is 1.20 bits per heavy atom. The second-order valence-electron chi connectivity index (χ2n) is 8.78. The van der Waals surface area contributed by atoms with Gasteiger partial charge in [-0.05, 0) is 53.1 Å². The summed E-state index contributed by atoms with van der Waals surface area (Å²) >= 11 is 0. The molecule has 9 heteroatoms. The molecule has 40 heavy (non-hydrogen) atoms. The Hall–Kier alpha value is -4.66. The van der Waals surface area contributed by atoms with Gasteiger partial charge < -0.3 is 42.5 Å². The first-order chi connectivity index (χ1) is 19.4. The lowest BCUT2D eigenvalue weighted by Gasteiger charge is -2.16. The smallest absolute Gasteiger partial charge is 0.203 e. The molecule has 0 aliphatic carbocycles. The van der Waals surface area contributed by atoms with Crippen molar-refractivity contribution in [3.63, 3.8) is 0 Å². The van der Waals surface area contributed by atoms with E-state index in [1.54, 1.807) is 56.9 Å². The van der Waals surface area contributed by atoms with Crippen LogP contribution in [0.3, 0.4) is 0 Å². The maximum Gasteiger partial charge on any atom is 0.203 e. The summed E-state index contributed by atoms with van der Waals surface area (Å²) in [5.74, 6) is 4.61. The summed E-state index contributed by atoms with van der Waals surface area (Å²) in [5, 5.41) is 0. The van der Waals surface area contributed by atoms with E-state index in [-0.39, 0.29) is 0 Å². The van der Waals surface area contributed by atoms with Crippen LogP contribution >= 0.6 is 0 Å². The maximum absolute atomic E-state index is 5.65. The van der Waals surface area contributed by atoms with Crippen molar-refractivity contribution in [2.75, 3.05) is 56.9 Å². The zero-order valence-electron chi connectivity index (χ0n) is 24.1. The Labute approximate surface area is 234 Å². The molecule has 9 nitrogen and oxygen atoms in total. The van der Waals surface area contributed by atoms with E-state index in [0.717, 1.165) is 27.8 Å². The number of aromatic nitrogens is 1. The number of benzene rings is 3. The van der Waals surface area contributed by atoms with Crippen LogP contribution in [-0.4, -0.2) is 61.4 Å². The number of rotatable bonds is 12. The molecule has 4 rings (SSSR count). The number of ether oxygens (including phenoxy) is 8. The monoisotopic (exact) mass is 549 g/mol. The highest BCUT2D eigenvalue weighted by atomic mass is 16.5. The fraction of sp³-hybridized carbons (Fsp3) is 0.290. The highest BCUT2D eigenvalue weighted by Gasteiger charge is 2.21. The second-order valence-corrected chi connectivity index (χ2v) is 8.78. The van der Waals surface area contributed by atoms with E-state index in [9.17, 15) is 0 Å². The molecule has 0 amide bonds. The third-order valence-corrected chi connectivity index (χ3v) is 6.64. The summed E-state index contributed by atoms with van der Waals surface area (Å²) in [4.78, 5) is 0. The van der Waals surface area contributed by atoms with Gasteiger partial charge in [-0.15, -0.1) is 0 Å². The van der Waals surface area contributed by atoms with Gasteiger partial charge in [0.1, 0.15) is 0 Å². The second kappa shape index (κ2) is 12.5. The van der Waals surface area contributed by atoms with Crippen molar-refractivity contribution < 1.29 is 37.9 Å². The molecule has 0 saturated heterocycles. The maximum atomic E-state index is 5.65. The topological polar surface area (TPSA) is 78.8 Å². The van der Waals surface area contributed by atoms with Crippen LogP contribution in [0.25, 0.3) is 22.3 Å². The van der Waals surface area contributed by atoms with E-state index < -0.39 is 0 Å². The molecule has 0 unspecified atom stereocenters. The van der Waals surface area contributed by atoms with Crippen LogP contribution in [0.2, 0.25) is 0 Å². The first-order valence-electron chi connectivity index (χ1n) is 12.5. The van der Waals surface area contributed by atoms with Crippen molar-refractivity contribution in [2.45, 2.75) is 6.54 Å². The molecule has 0 saturated carbocycles. The quantitative estimate of drug-likeness (QED) is 0.215. The Balaban J connectivity index is 1.92. The molecule has 3 aromatic carbocycles. The largest absolute Gasteiger partial charge is 0.493 e. The van der Waals surface area contributed by atoms with E-state index in [0.29, 0.717) is 52.5 Å². The molecule has 0 bridgehead atoms. The van der Waals surface area contributed by atoms with Crippen molar-refractivity contribution in [1.82, 2.24) is 4.57 Å². The minimum absolute atomic E-state index is 0.521. The summed E-state index contributed by atoms with van der Waals surface area (Å²) in [7, 11) is 12.8. The first kappa shape index (κ1) is 28.4. The van der Waals surface area contributed by atoms with E-state index in [4.69, 9.17) is 37.9 Å². The van der Waals surface area contributed by atoms with Gasteiger partial charge >= 0.3 is 0 Å². The fourth-order valence-electron chi connectivity index (χ4n) is 4.72. The van der Waals surface area contributed by atoms with Gasteiger partial charge in [0, 0.05) is 30.1 Å². The molecule has 0 aliphatic heterocycles. The zero-order valence-corrected chi connectivity index (χ0v) is 24.1. The van der Waals surface area contributed by atoms with Crippen molar-refractivity contribution in [3.8, 4) is 68.2 Å². The van der Waals surface area contributed by atoms with Gasteiger partial charge in [0.05, 0.1) is 56.9 Å². The molecule has 0 N–H and O–H groups in total. The van der Waals surface area contributed by atoms with E-state index in [2.05, 4.69) is 17.0 Å². The normalized spacial score (nSPS) is 10.6. The van der Waals surface area contributed by atoms with Gasteiger partial charge in [0.25, 0.3) is 0 Å².